The zero-order valence-corrected chi connectivity index (χ0v) is 20.3. The summed E-state index contributed by atoms with van der Waals surface area (Å²) < 4.78 is 0. The van der Waals surface area contributed by atoms with E-state index in [1.54, 1.807) is 10.4 Å². The van der Waals surface area contributed by atoms with E-state index in [1.807, 2.05) is 0 Å². The molecule has 0 heterocycles. The first-order chi connectivity index (χ1) is 14.5. The molecule has 4 rings (SSSR count). The summed E-state index contributed by atoms with van der Waals surface area (Å²) in [7, 11) is -1.53. The SMILES string of the molecule is CC1=CC(C)(NC2([SiH](c3ccccc3)c3ccccc3)CCCCCC2)C(C)=C1C. The molecule has 1 N–H and O–H groups in total. The highest BCUT2D eigenvalue weighted by Gasteiger charge is 2.46. The van der Waals surface area contributed by atoms with Crippen molar-refractivity contribution in [1.82, 2.24) is 5.32 Å². The van der Waals surface area contributed by atoms with Crippen molar-refractivity contribution in [3.05, 3.63) is 83.5 Å². The lowest BCUT2D eigenvalue weighted by Gasteiger charge is -2.47. The zero-order chi connectivity index (χ0) is 21.2. The Hall–Kier alpha value is -1.90. The lowest BCUT2D eigenvalue weighted by Crippen LogP contribution is -2.71. The Morgan fingerprint density at radius 1 is 0.733 bits per heavy atom. The quantitative estimate of drug-likeness (QED) is 0.516. The fourth-order valence-electron chi connectivity index (χ4n) is 5.95. The van der Waals surface area contributed by atoms with Gasteiger partial charge < -0.3 is 5.32 Å². The molecule has 2 aliphatic rings. The Morgan fingerprint density at radius 2 is 1.23 bits per heavy atom. The number of rotatable bonds is 5. The van der Waals surface area contributed by atoms with Gasteiger partial charge in [-0.05, 0) is 51.7 Å². The summed E-state index contributed by atoms with van der Waals surface area (Å²) in [5, 5.41) is 7.70. The maximum Gasteiger partial charge on any atom is 0.124 e. The number of hydrogen-bond donors (Lipinski definition) is 1. The molecule has 158 valence electrons. The predicted octanol–water partition coefficient (Wildman–Crippen LogP) is 5.30. The van der Waals surface area contributed by atoms with Gasteiger partial charge >= 0.3 is 0 Å². The maximum absolute atomic E-state index is 4.38. The highest BCUT2D eigenvalue weighted by atomic mass is 28.3. The van der Waals surface area contributed by atoms with Gasteiger partial charge in [0.1, 0.15) is 8.80 Å². The van der Waals surface area contributed by atoms with Crippen LogP contribution in [0.15, 0.2) is 83.5 Å². The fraction of sp³-hybridized carbons (Fsp3) is 0.429. The Kier molecular flexibility index (Phi) is 6.18. The minimum atomic E-state index is -1.53. The molecule has 1 atom stereocenters. The molecule has 1 unspecified atom stereocenters. The van der Waals surface area contributed by atoms with E-state index in [9.17, 15) is 0 Å². The number of allylic oxidation sites excluding steroid dienone is 2. The second-order valence-corrected chi connectivity index (χ2v) is 13.0. The molecule has 0 amide bonds. The van der Waals surface area contributed by atoms with Crippen LogP contribution in [0.1, 0.15) is 66.2 Å². The van der Waals surface area contributed by atoms with E-state index < -0.39 is 8.80 Å². The molecule has 1 nitrogen and oxygen atoms in total. The summed E-state index contributed by atoms with van der Waals surface area (Å²) in [4.78, 5) is 0. The summed E-state index contributed by atoms with van der Waals surface area (Å²) in [6.07, 6.45) is 10.4. The van der Waals surface area contributed by atoms with Crippen LogP contribution in [0.2, 0.25) is 0 Å². The molecule has 1 saturated carbocycles. The van der Waals surface area contributed by atoms with Crippen molar-refractivity contribution < 1.29 is 0 Å². The van der Waals surface area contributed by atoms with E-state index in [2.05, 4.69) is 99.8 Å². The average molecular weight is 416 g/mol. The third kappa shape index (κ3) is 4.00. The van der Waals surface area contributed by atoms with Crippen molar-refractivity contribution in [2.45, 2.75) is 76.9 Å². The molecule has 2 aromatic carbocycles. The van der Waals surface area contributed by atoms with Crippen LogP contribution in [0, 0.1) is 0 Å². The number of benzene rings is 2. The molecule has 2 aromatic rings. The van der Waals surface area contributed by atoms with Gasteiger partial charge in [0.25, 0.3) is 0 Å². The van der Waals surface area contributed by atoms with Gasteiger partial charge in [-0.2, -0.15) is 0 Å². The summed E-state index contributed by atoms with van der Waals surface area (Å²) in [5.41, 5.74) is 4.35. The van der Waals surface area contributed by atoms with Gasteiger partial charge in [-0.25, -0.2) is 0 Å². The monoisotopic (exact) mass is 415 g/mol. The summed E-state index contributed by atoms with van der Waals surface area (Å²) in [5.74, 6) is 0. The molecule has 0 saturated heterocycles. The Balaban J connectivity index is 1.86. The maximum atomic E-state index is 4.38. The topological polar surface area (TPSA) is 12.0 Å². The van der Waals surface area contributed by atoms with Crippen molar-refractivity contribution in [2.75, 3.05) is 0 Å². The summed E-state index contributed by atoms with van der Waals surface area (Å²) in [6.45, 7) is 9.31. The third-order valence-electron chi connectivity index (χ3n) is 7.76. The summed E-state index contributed by atoms with van der Waals surface area (Å²) >= 11 is 0. The molecule has 30 heavy (non-hydrogen) atoms. The first kappa shape index (κ1) is 21.3. The lowest BCUT2D eigenvalue weighted by molar-refractivity contribution is 0.330. The third-order valence-corrected chi connectivity index (χ3v) is 11.7. The van der Waals surface area contributed by atoms with Gasteiger partial charge in [0.15, 0.2) is 0 Å². The van der Waals surface area contributed by atoms with Gasteiger partial charge in [0.05, 0.1) is 5.54 Å². The average Bonchev–Trinajstić information content (AvgIpc) is 2.91. The van der Waals surface area contributed by atoms with Crippen LogP contribution < -0.4 is 15.7 Å². The van der Waals surface area contributed by atoms with Crippen LogP contribution in [0.4, 0.5) is 0 Å². The number of hydrogen-bond acceptors (Lipinski definition) is 1. The molecule has 0 aliphatic heterocycles. The van der Waals surface area contributed by atoms with E-state index in [0.29, 0.717) is 0 Å². The van der Waals surface area contributed by atoms with Crippen LogP contribution in [0.25, 0.3) is 0 Å². The van der Waals surface area contributed by atoms with Crippen LogP contribution in [-0.2, 0) is 0 Å². The molecule has 0 spiro atoms. The molecule has 0 radical (unpaired) electrons. The second-order valence-electron chi connectivity index (χ2n) is 9.73. The Bertz CT molecular complexity index is 880. The van der Waals surface area contributed by atoms with Crippen LogP contribution in [0.5, 0.6) is 0 Å². The standard InChI is InChI=1S/C28H37NSi/c1-22-21-27(4,24(3)23(22)2)29-28(19-13-5-6-14-20-28)30(25-15-9-7-10-16-25)26-17-11-8-12-18-26/h7-12,15-18,21,29-30H,5-6,13-14,19-20H2,1-4H3. The Labute approximate surface area is 184 Å². The molecular weight excluding hydrogens is 378 g/mol. The highest BCUT2D eigenvalue weighted by Crippen LogP contribution is 2.39. The predicted molar refractivity (Wildman–Crippen MR) is 133 cm³/mol. The minimum Gasteiger partial charge on any atom is -0.301 e. The molecular formula is C28H37NSi. The molecule has 1 fully saturated rings. The fourth-order valence-corrected chi connectivity index (χ4v) is 10.3. The number of nitrogens with one attached hydrogen (secondary N) is 1. The van der Waals surface area contributed by atoms with Gasteiger partial charge in [-0.15, -0.1) is 0 Å². The summed E-state index contributed by atoms with van der Waals surface area (Å²) in [6, 6.07) is 22.8. The molecule has 0 aromatic heterocycles. The first-order valence-electron chi connectivity index (χ1n) is 11.7. The second kappa shape index (κ2) is 8.68. The van der Waals surface area contributed by atoms with Crippen molar-refractivity contribution in [3.63, 3.8) is 0 Å². The lowest BCUT2D eigenvalue weighted by atomic mass is 9.92. The van der Waals surface area contributed by atoms with Crippen molar-refractivity contribution in [1.29, 1.82) is 0 Å². The van der Waals surface area contributed by atoms with Crippen molar-refractivity contribution in [3.8, 4) is 0 Å². The van der Waals surface area contributed by atoms with Crippen molar-refractivity contribution >= 4 is 19.2 Å². The van der Waals surface area contributed by atoms with Gasteiger partial charge in [0, 0.05) is 5.16 Å². The minimum absolute atomic E-state index is 0.0483. The largest absolute Gasteiger partial charge is 0.301 e. The van der Waals surface area contributed by atoms with Crippen LogP contribution in [-0.4, -0.2) is 19.5 Å². The van der Waals surface area contributed by atoms with Crippen molar-refractivity contribution in [2.24, 2.45) is 0 Å². The van der Waals surface area contributed by atoms with E-state index >= 15 is 0 Å². The first-order valence-corrected chi connectivity index (χ1v) is 13.5. The van der Waals surface area contributed by atoms with Gasteiger partial charge in [0.2, 0.25) is 0 Å². The normalized spacial score (nSPS) is 24.1. The van der Waals surface area contributed by atoms with Gasteiger partial charge in [-0.3, -0.25) is 0 Å². The van der Waals surface area contributed by atoms with Gasteiger partial charge in [-0.1, -0.05) is 108 Å². The van der Waals surface area contributed by atoms with Crippen LogP contribution in [0.3, 0.4) is 0 Å². The Morgan fingerprint density at radius 3 is 1.67 bits per heavy atom. The molecule has 0 bridgehead atoms. The highest BCUT2D eigenvalue weighted by molar-refractivity contribution is 6.87. The van der Waals surface area contributed by atoms with E-state index in [1.165, 1.54) is 55.2 Å². The molecule has 2 aliphatic carbocycles. The van der Waals surface area contributed by atoms with E-state index in [-0.39, 0.29) is 10.7 Å². The van der Waals surface area contributed by atoms with E-state index in [0.717, 1.165) is 0 Å². The van der Waals surface area contributed by atoms with Crippen LogP contribution >= 0.6 is 0 Å². The van der Waals surface area contributed by atoms with E-state index in [4.69, 9.17) is 0 Å². The smallest absolute Gasteiger partial charge is 0.124 e. The molecule has 2 heteroatoms. The zero-order valence-electron chi connectivity index (χ0n) is 19.2.